The number of cyclic esters (lactones) is 1. The standard InChI is InChI=1S/C31H39NO4Si/c1-21-18-22(20-26(28(21)34-5)36-37(6,7)31(2,3)4)19-25-30(33)35-29(24-16-12-9-13-17-24)27(32-25)23-14-10-8-11-15-23/h8-18,20,25,27,29,32H,19H2,1-7H3/t25-,27-,29+/m0/s1. The van der Waals surface area contributed by atoms with Gasteiger partial charge in [0.25, 0.3) is 8.32 Å². The lowest BCUT2D eigenvalue weighted by molar-refractivity contribution is -0.160. The van der Waals surface area contributed by atoms with Crippen LogP contribution in [-0.2, 0) is 16.0 Å². The lowest BCUT2D eigenvalue weighted by Crippen LogP contribution is -2.49. The molecule has 0 radical (unpaired) electrons. The molecule has 1 heterocycles. The van der Waals surface area contributed by atoms with Crippen LogP contribution in [0.5, 0.6) is 11.5 Å². The van der Waals surface area contributed by atoms with Crippen molar-refractivity contribution < 1.29 is 18.7 Å². The molecule has 6 heteroatoms. The van der Waals surface area contributed by atoms with Gasteiger partial charge in [-0.3, -0.25) is 10.1 Å². The van der Waals surface area contributed by atoms with E-state index in [1.54, 1.807) is 7.11 Å². The van der Waals surface area contributed by atoms with Crippen molar-refractivity contribution in [3.63, 3.8) is 0 Å². The van der Waals surface area contributed by atoms with Crippen LogP contribution in [0.25, 0.3) is 0 Å². The summed E-state index contributed by atoms with van der Waals surface area (Å²) in [4.78, 5) is 13.3. The molecular weight excluding hydrogens is 478 g/mol. The molecule has 1 aliphatic heterocycles. The van der Waals surface area contributed by atoms with Gasteiger partial charge in [-0.1, -0.05) is 87.5 Å². The highest BCUT2D eigenvalue weighted by atomic mass is 28.4. The molecule has 0 aliphatic carbocycles. The number of methoxy groups -OCH3 is 1. The number of esters is 1. The van der Waals surface area contributed by atoms with E-state index >= 15 is 0 Å². The van der Waals surface area contributed by atoms with Gasteiger partial charge < -0.3 is 13.9 Å². The molecule has 196 valence electrons. The first-order valence-corrected chi connectivity index (χ1v) is 15.8. The quantitative estimate of drug-likeness (QED) is 0.272. The van der Waals surface area contributed by atoms with Gasteiger partial charge in [-0.15, -0.1) is 0 Å². The normalized spacial score (nSPS) is 20.3. The second-order valence-corrected chi connectivity index (χ2v) is 16.1. The maximum atomic E-state index is 13.3. The van der Waals surface area contributed by atoms with Crippen molar-refractivity contribution in [2.24, 2.45) is 0 Å². The molecule has 3 aromatic rings. The molecule has 0 aromatic heterocycles. The van der Waals surface area contributed by atoms with Gasteiger partial charge in [0.1, 0.15) is 17.9 Å². The molecule has 0 amide bonds. The number of ether oxygens (including phenoxy) is 2. The zero-order valence-electron chi connectivity index (χ0n) is 23.0. The van der Waals surface area contributed by atoms with Gasteiger partial charge in [-0.25, -0.2) is 0 Å². The molecule has 3 aromatic carbocycles. The minimum atomic E-state index is -2.09. The van der Waals surface area contributed by atoms with Crippen LogP contribution >= 0.6 is 0 Å². The van der Waals surface area contributed by atoms with E-state index < -0.39 is 20.5 Å². The van der Waals surface area contributed by atoms with Gasteiger partial charge >= 0.3 is 5.97 Å². The molecule has 1 saturated heterocycles. The Morgan fingerprint density at radius 3 is 2.11 bits per heavy atom. The van der Waals surface area contributed by atoms with Crippen LogP contribution in [0.4, 0.5) is 0 Å². The summed E-state index contributed by atoms with van der Waals surface area (Å²) in [5, 5.41) is 3.67. The minimum absolute atomic E-state index is 0.0476. The van der Waals surface area contributed by atoms with Crippen LogP contribution in [0.3, 0.4) is 0 Å². The molecule has 0 saturated carbocycles. The molecular formula is C31H39NO4Si. The maximum Gasteiger partial charge on any atom is 0.324 e. The summed E-state index contributed by atoms with van der Waals surface area (Å²) in [5.74, 6) is 1.25. The van der Waals surface area contributed by atoms with Gasteiger partial charge in [0, 0.05) is 0 Å². The van der Waals surface area contributed by atoms with E-state index in [9.17, 15) is 4.79 Å². The Hall–Kier alpha value is -3.09. The Labute approximate surface area is 222 Å². The van der Waals surface area contributed by atoms with E-state index in [1.807, 2.05) is 61.5 Å². The molecule has 1 fully saturated rings. The van der Waals surface area contributed by atoms with Crippen molar-refractivity contribution in [3.8, 4) is 11.5 Å². The van der Waals surface area contributed by atoms with Crippen molar-refractivity contribution >= 4 is 14.3 Å². The van der Waals surface area contributed by atoms with Crippen molar-refractivity contribution in [1.29, 1.82) is 0 Å². The van der Waals surface area contributed by atoms with E-state index in [-0.39, 0.29) is 17.0 Å². The number of hydrogen-bond acceptors (Lipinski definition) is 5. The molecule has 0 unspecified atom stereocenters. The van der Waals surface area contributed by atoms with Gasteiger partial charge in [-0.05, 0) is 59.8 Å². The van der Waals surface area contributed by atoms with Gasteiger partial charge in [0.15, 0.2) is 5.75 Å². The fourth-order valence-corrected chi connectivity index (χ4v) is 5.56. The summed E-state index contributed by atoms with van der Waals surface area (Å²) in [7, 11) is -0.419. The summed E-state index contributed by atoms with van der Waals surface area (Å²) in [6.45, 7) is 13.1. The molecule has 5 nitrogen and oxygen atoms in total. The monoisotopic (exact) mass is 517 g/mol. The third-order valence-corrected chi connectivity index (χ3v) is 12.0. The average molecular weight is 518 g/mol. The fraction of sp³-hybridized carbons (Fsp3) is 0.387. The molecule has 0 bridgehead atoms. The highest BCUT2D eigenvalue weighted by molar-refractivity contribution is 6.74. The van der Waals surface area contributed by atoms with Crippen LogP contribution in [0, 0.1) is 6.92 Å². The Bertz CT molecular complexity index is 1220. The Morgan fingerprint density at radius 2 is 1.54 bits per heavy atom. The molecule has 1 N–H and O–H groups in total. The summed E-state index contributed by atoms with van der Waals surface area (Å²) >= 11 is 0. The van der Waals surface area contributed by atoms with Crippen molar-refractivity contribution in [2.75, 3.05) is 7.11 Å². The number of aryl methyl sites for hydroxylation is 1. The van der Waals surface area contributed by atoms with Crippen molar-refractivity contribution in [2.45, 2.75) is 70.4 Å². The lowest BCUT2D eigenvalue weighted by Gasteiger charge is -2.38. The first-order chi connectivity index (χ1) is 17.5. The molecule has 3 atom stereocenters. The number of carbonyl (C=O) groups is 1. The van der Waals surface area contributed by atoms with Crippen molar-refractivity contribution in [1.82, 2.24) is 5.32 Å². The largest absolute Gasteiger partial charge is 0.541 e. The second-order valence-electron chi connectivity index (χ2n) is 11.4. The summed E-state index contributed by atoms with van der Waals surface area (Å²) < 4.78 is 18.5. The zero-order valence-corrected chi connectivity index (χ0v) is 24.0. The van der Waals surface area contributed by atoms with Crippen LogP contribution in [-0.4, -0.2) is 27.4 Å². The molecule has 4 rings (SSSR count). The van der Waals surface area contributed by atoms with Crippen LogP contribution in [0.1, 0.15) is 55.2 Å². The van der Waals surface area contributed by atoms with E-state index in [0.717, 1.165) is 33.8 Å². The number of nitrogens with one attached hydrogen (secondary N) is 1. The van der Waals surface area contributed by atoms with Crippen molar-refractivity contribution in [3.05, 3.63) is 95.1 Å². The van der Waals surface area contributed by atoms with Gasteiger partial charge in [-0.2, -0.15) is 0 Å². The van der Waals surface area contributed by atoms with E-state index in [1.165, 1.54) is 0 Å². The highest BCUT2D eigenvalue weighted by Gasteiger charge is 2.41. The van der Waals surface area contributed by atoms with E-state index in [2.05, 4.69) is 57.4 Å². The summed E-state index contributed by atoms with van der Waals surface area (Å²) in [6, 6.07) is 23.6. The summed E-state index contributed by atoms with van der Waals surface area (Å²) in [5.41, 5.74) is 4.05. The van der Waals surface area contributed by atoms with Gasteiger partial charge in [0.2, 0.25) is 0 Å². The average Bonchev–Trinajstić information content (AvgIpc) is 2.85. The lowest BCUT2D eigenvalue weighted by atomic mass is 9.91. The first kappa shape index (κ1) is 27.0. The number of rotatable bonds is 7. The predicted molar refractivity (Wildman–Crippen MR) is 151 cm³/mol. The number of carbonyl (C=O) groups excluding carboxylic acids is 1. The molecule has 0 spiro atoms. The second kappa shape index (κ2) is 10.7. The van der Waals surface area contributed by atoms with Crippen LogP contribution in [0.2, 0.25) is 18.1 Å². The zero-order chi connectivity index (χ0) is 26.8. The minimum Gasteiger partial charge on any atom is -0.541 e. The number of morpholine rings is 1. The topological polar surface area (TPSA) is 56.8 Å². The Kier molecular flexibility index (Phi) is 7.81. The molecule has 1 aliphatic rings. The maximum absolute atomic E-state index is 13.3. The number of benzene rings is 3. The van der Waals surface area contributed by atoms with Gasteiger partial charge in [0.05, 0.1) is 13.2 Å². The Balaban J connectivity index is 1.64. The third-order valence-electron chi connectivity index (χ3n) is 7.61. The third kappa shape index (κ3) is 5.91. The highest BCUT2D eigenvalue weighted by Crippen LogP contribution is 2.42. The fourth-order valence-electron chi connectivity index (χ4n) is 4.56. The van der Waals surface area contributed by atoms with Crippen LogP contribution in [0.15, 0.2) is 72.8 Å². The SMILES string of the molecule is COc1c(C)cc(C[C@@H]2N[C@@H](c3ccccc3)[C@@H](c3ccccc3)OC2=O)cc1O[Si](C)(C)C(C)(C)C. The Morgan fingerprint density at radius 1 is 0.946 bits per heavy atom. The van der Waals surface area contributed by atoms with Crippen LogP contribution < -0.4 is 14.5 Å². The first-order valence-electron chi connectivity index (χ1n) is 12.9. The van der Waals surface area contributed by atoms with E-state index in [4.69, 9.17) is 13.9 Å². The smallest absolute Gasteiger partial charge is 0.324 e. The molecule has 37 heavy (non-hydrogen) atoms. The number of hydrogen-bond donors (Lipinski definition) is 1. The summed E-state index contributed by atoms with van der Waals surface area (Å²) in [6.07, 6.45) is 0.0879. The predicted octanol–water partition coefficient (Wildman–Crippen LogP) is 6.93. The van der Waals surface area contributed by atoms with E-state index in [0.29, 0.717) is 6.42 Å².